The van der Waals surface area contributed by atoms with Gasteiger partial charge >= 0.3 is 0 Å². The molecule has 0 aromatic heterocycles. The third-order valence-corrected chi connectivity index (χ3v) is 5.16. The minimum atomic E-state index is -0.302. The zero-order valence-electron chi connectivity index (χ0n) is 15.4. The number of nitrogens with two attached hydrogens (primary N) is 1. The molecule has 1 amide bonds. The SMILES string of the molecule is COc1ccc(-c2ccc(CC(C#N)C3CC(C(N)=O)CCO3)cc2)cc1. The maximum absolute atomic E-state index is 11.5. The molecule has 0 bridgehead atoms. The second-order valence-electron chi connectivity index (χ2n) is 6.90. The maximum atomic E-state index is 11.5. The molecule has 5 nitrogen and oxygen atoms in total. The Morgan fingerprint density at radius 3 is 2.41 bits per heavy atom. The molecule has 5 heteroatoms. The number of carbonyl (C=O) groups is 1. The van der Waals surface area contributed by atoms with Gasteiger partial charge in [-0.3, -0.25) is 4.79 Å². The molecule has 1 aliphatic heterocycles. The fourth-order valence-electron chi connectivity index (χ4n) is 3.50. The van der Waals surface area contributed by atoms with Crippen molar-refractivity contribution >= 4 is 5.91 Å². The number of amides is 1. The number of carbonyl (C=O) groups excluding carboxylic acids is 1. The molecule has 0 spiro atoms. The van der Waals surface area contributed by atoms with Crippen molar-refractivity contribution < 1.29 is 14.3 Å². The molecule has 140 valence electrons. The normalized spacial score (nSPS) is 20.4. The largest absolute Gasteiger partial charge is 0.497 e. The number of methoxy groups -OCH3 is 1. The molecule has 2 aromatic rings. The van der Waals surface area contributed by atoms with Crippen LogP contribution in [0.15, 0.2) is 48.5 Å². The van der Waals surface area contributed by atoms with Crippen LogP contribution in [0.3, 0.4) is 0 Å². The fourth-order valence-corrected chi connectivity index (χ4v) is 3.50. The van der Waals surface area contributed by atoms with E-state index in [0.29, 0.717) is 25.9 Å². The summed E-state index contributed by atoms with van der Waals surface area (Å²) in [6, 6.07) is 18.4. The maximum Gasteiger partial charge on any atom is 0.220 e. The summed E-state index contributed by atoms with van der Waals surface area (Å²) in [6.07, 6.45) is 1.51. The van der Waals surface area contributed by atoms with Crippen LogP contribution in [-0.4, -0.2) is 25.7 Å². The van der Waals surface area contributed by atoms with Crippen LogP contribution >= 0.6 is 0 Å². The number of ether oxygens (including phenoxy) is 2. The van der Waals surface area contributed by atoms with Gasteiger partial charge in [0.2, 0.25) is 5.91 Å². The molecule has 0 radical (unpaired) electrons. The molecule has 1 heterocycles. The smallest absolute Gasteiger partial charge is 0.220 e. The zero-order chi connectivity index (χ0) is 19.2. The summed E-state index contributed by atoms with van der Waals surface area (Å²) in [6.45, 7) is 0.479. The third kappa shape index (κ3) is 4.66. The number of primary amides is 1. The van der Waals surface area contributed by atoms with Gasteiger partial charge in [-0.2, -0.15) is 5.26 Å². The van der Waals surface area contributed by atoms with E-state index < -0.39 is 0 Å². The zero-order valence-corrected chi connectivity index (χ0v) is 15.4. The number of rotatable bonds is 6. The molecule has 2 N–H and O–H groups in total. The van der Waals surface area contributed by atoms with Gasteiger partial charge in [0, 0.05) is 12.5 Å². The van der Waals surface area contributed by atoms with E-state index in [9.17, 15) is 10.1 Å². The monoisotopic (exact) mass is 364 g/mol. The highest BCUT2D eigenvalue weighted by Crippen LogP contribution is 2.28. The van der Waals surface area contributed by atoms with Gasteiger partial charge < -0.3 is 15.2 Å². The second-order valence-corrected chi connectivity index (χ2v) is 6.90. The number of hydrogen-bond donors (Lipinski definition) is 1. The highest BCUT2D eigenvalue weighted by molar-refractivity contribution is 5.76. The van der Waals surface area contributed by atoms with E-state index in [1.807, 2.05) is 36.4 Å². The van der Waals surface area contributed by atoms with Crippen molar-refractivity contribution in [2.75, 3.05) is 13.7 Å². The van der Waals surface area contributed by atoms with E-state index in [1.54, 1.807) is 7.11 Å². The van der Waals surface area contributed by atoms with Crippen LogP contribution in [0.1, 0.15) is 18.4 Å². The predicted octanol–water partition coefficient (Wildman–Crippen LogP) is 3.32. The van der Waals surface area contributed by atoms with Gasteiger partial charge in [0.05, 0.1) is 25.2 Å². The Hall–Kier alpha value is -2.84. The van der Waals surface area contributed by atoms with Crippen LogP contribution in [0.2, 0.25) is 0 Å². The van der Waals surface area contributed by atoms with Gasteiger partial charge in [-0.05, 0) is 48.1 Å². The second kappa shape index (κ2) is 8.70. The van der Waals surface area contributed by atoms with E-state index >= 15 is 0 Å². The van der Waals surface area contributed by atoms with E-state index in [-0.39, 0.29) is 23.8 Å². The Morgan fingerprint density at radius 1 is 1.22 bits per heavy atom. The first kappa shape index (κ1) is 18.9. The molecule has 0 saturated carbocycles. The Balaban J connectivity index is 1.67. The van der Waals surface area contributed by atoms with Crippen LogP contribution in [0.5, 0.6) is 5.75 Å². The predicted molar refractivity (Wildman–Crippen MR) is 103 cm³/mol. The van der Waals surface area contributed by atoms with Crippen LogP contribution in [0, 0.1) is 23.2 Å². The Kier molecular flexibility index (Phi) is 6.10. The summed E-state index contributed by atoms with van der Waals surface area (Å²) in [7, 11) is 1.65. The minimum Gasteiger partial charge on any atom is -0.497 e. The molecular formula is C22H24N2O3. The molecule has 1 aliphatic rings. The lowest BCUT2D eigenvalue weighted by molar-refractivity contribution is -0.127. The first-order valence-electron chi connectivity index (χ1n) is 9.14. The highest BCUT2D eigenvalue weighted by Gasteiger charge is 2.32. The third-order valence-electron chi connectivity index (χ3n) is 5.16. The lowest BCUT2D eigenvalue weighted by Gasteiger charge is -2.30. The summed E-state index contributed by atoms with van der Waals surface area (Å²) in [5.41, 5.74) is 8.72. The molecular weight excluding hydrogens is 340 g/mol. The molecule has 3 unspecified atom stereocenters. The van der Waals surface area contributed by atoms with Gasteiger partial charge in [0.15, 0.2) is 0 Å². The molecule has 27 heavy (non-hydrogen) atoms. The quantitative estimate of drug-likeness (QED) is 0.852. The van der Waals surface area contributed by atoms with Gasteiger partial charge in [-0.25, -0.2) is 0 Å². The average molecular weight is 364 g/mol. The molecule has 3 rings (SSSR count). The summed E-state index contributed by atoms with van der Waals surface area (Å²) in [5, 5.41) is 9.59. The topological polar surface area (TPSA) is 85.3 Å². The lowest BCUT2D eigenvalue weighted by atomic mass is 9.85. The Labute approximate surface area is 159 Å². The van der Waals surface area contributed by atoms with Crippen molar-refractivity contribution in [1.82, 2.24) is 0 Å². The van der Waals surface area contributed by atoms with E-state index in [2.05, 4.69) is 18.2 Å². The minimum absolute atomic E-state index is 0.197. The van der Waals surface area contributed by atoms with Gasteiger partial charge in [-0.15, -0.1) is 0 Å². The summed E-state index contributed by atoms with van der Waals surface area (Å²) >= 11 is 0. The molecule has 0 aliphatic carbocycles. The van der Waals surface area contributed by atoms with Crippen LogP contribution in [-0.2, 0) is 16.0 Å². The van der Waals surface area contributed by atoms with Gasteiger partial charge in [0.25, 0.3) is 0 Å². The van der Waals surface area contributed by atoms with Crippen molar-refractivity contribution in [3.63, 3.8) is 0 Å². The first-order valence-corrected chi connectivity index (χ1v) is 9.14. The van der Waals surface area contributed by atoms with Gasteiger partial charge in [0.1, 0.15) is 5.75 Å². The molecule has 2 aromatic carbocycles. The van der Waals surface area contributed by atoms with E-state index in [0.717, 1.165) is 22.4 Å². The van der Waals surface area contributed by atoms with Crippen molar-refractivity contribution in [2.24, 2.45) is 17.6 Å². The summed E-state index contributed by atoms with van der Waals surface area (Å²) < 4.78 is 10.9. The fraction of sp³-hybridized carbons (Fsp3) is 0.364. The summed E-state index contributed by atoms with van der Waals surface area (Å²) in [4.78, 5) is 11.5. The molecule has 1 fully saturated rings. The molecule has 3 atom stereocenters. The molecule has 1 saturated heterocycles. The van der Waals surface area contributed by atoms with Crippen molar-refractivity contribution in [2.45, 2.75) is 25.4 Å². The highest BCUT2D eigenvalue weighted by atomic mass is 16.5. The number of hydrogen-bond acceptors (Lipinski definition) is 4. The standard InChI is InChI=1S/C22H24N2O3/c1-26-20-8-6-17(7-9-20)16-4-2-15(3-5-16)12-19(14-23)21-13-18(22(24)25)10-11-27-21/h2-9,18-19,21H,10-13H2,1H3,(H2,24,25). The average Bonchev–Trinajstić information content (AvgIpc) is 2.72. The Morgan fingerprint density at radius 2 is 1.85 bits per heavy atom. The first-order chi connectivity index (χ1) is 13.1. The van der Waals surface area contributed by atoms with E-state index in [1.165, 1.54) is 0 Å². The van der Waals surface area contributed by atoms with E-state index in [4.69, 9.17) is 15.2 Å². The number of nitrogens with zero attached hydrogens (tertiary/aromatic N) is 1. The number of nitriles is 1. The van der Waals surface area contributed by atoms with Crippen LogP contribution in [0.25, 0.3) is 11.1 Å². The van der Waals surface area contributed by atoms with Crippen molar-refractivity contribution in [1.29, 1.82) is 5.26 Å². The number of benzene rings is 2. The van der Waals surface area contributed by atoms with Crippen molar-refractivity contribution in [3.8, 4) is 22.9 Å². The lowest BCUT2D eigenvalue weighted by Crippen LogP contribution is -2.37. The summed E-state index contributed by atoms with van der Waals surface area (Å²) in [5.74, 6) is 0.0360. The Bertz CT molecular complexity index is 809. The van der Waals surface area contributed by atoms with Crippen LogP contribution in [0.4, 0.5) is 0 Å². The van der Waals surface area contributed by atoms with Gasteiger partial charge in [-0.1, -0.05) is 36.4 Å². The van der Waals surface area contributed by atoms with Crippen molar-refractivity contribution in [3.05, 3.63) is 54.1 Å². The van der Waals surface area contributed by atoms with Crippen LogP contribution < -0.4 is 10.5 Å².